The maximum absolute atomic E-state index is 12.3. The minimum Gasteiger partial charge on any atom is -0.488 e. The third-order valence-corrected chi connectivity index (χ3v) is 5.28. The number of carbonyl (C=O) groups excluding carboxylic acids is 2. The zero-order valence-electron chi connectivity index (χ0n) is 15.0. The summed E-state index contributed by atoms with van der Waals surface area (Å²) in [4.78, 5) is 25.4. The number of urea groups is 1. The van der Waals surface area contributed by atoms with E-state index in [4.69, 9.17) is 27.9 Å². The highest BCUT2D eigenvalue weighted by atomic mass is 79.9. The molecule has 3 amide bonds. The summed E-state index contributed by atoms with van der Waals surface area (Å²) in [6.45, 7) is 2.59. The first-order valence-corrected chi connectivity index (χ1v) is 10.1. The SMILES string of the molecule is CCCN1C(=O)N/C(=C/c2ccc(OCc3ccc(Cl)cc3Cl)c(Br)c2)C1=O. The van der Waals surface area contributed by atoms with Crippen LogP contribution in [-0.4, -0.2) is 23.4 Å². The molecular weight excluding hydrogens is 467 g/mol. The number of ether oxygens (including phenoxy) is 1. The molecule has 0 radical (unpaired) electrons. The van der Waals surface area contributed by atoms with Gasteiger partial charge in [-0.2, -0.15) is 0 Å². The predicted molar refractivity (Wildman–Crippen MR) is 113 cm³/mol. The smallest absolute Gasteiger partial charge is 0.329 e. The quantitative estimate of drug-likeness (QED) is 0.427. The molecule has 146 valence electrons. The van der Waals surface area contributed by atoms with Crippen LogP contribution >= 0.6 is 39.1 Å². The standard InChI is InChI=1S/C20H17BrCl2N2O3/c1-2-7-25-19(26)17(24-20(25)27)9-12-3-6-18(15(21)8-12)28-11-13-4-5-14(22)10-16(13)23/h3-6,8-10H,2,7,11H2,1H3,(H,24,27)/b17-9+. The fourth-order valence-electron chi connectivity index (χ4n) is 2.68. The van der Waals surface area contributed by atoms with Crippen LogP contribution in [-0.2, 0) is 11.4 Å². The average molecular weight is 484 g/mol. The van der Waals surface area contributed by atoms with Gasteiger partial charge in [-0.05, 0) is 58.3 Å². The average Bonchev–Trinajstić information content (AvgIpc) is 2.90. The molecule has 1 aliphatic heterocycles. The summed E-state index contributed by atoms with van der Waals surface area (Å²) in [5.74, 6) is 0.309. The van der Waals surface area contributed by atoms with E-state index in [1.807, 2.05) is 19.1 Å². The lowest BCUT2D eigenvalue weighted by atomic mass is 10.2. The second-order valence-electron chi connectivity index (χ2n) is 6.16. The second kappa shape index (κ2) is 8.99. The Hall–Kier alpha value is -2.02. The van der Waals surface area contributed by atoms with Gasteiger partial charge in [-0.1, -0.05) is 42.3 Å². The monoisotopic (exact) mass is 482 g/mol. The lowest BCUT2D eigenvalue weighted by molar-refractivity contribution is -0.122. The van der Waals surface area contributed by atoms with Gasteiger partial charge in [-0.25, -0.2) is 4.79 Å². The van der Waals surface area contributed by atoms with E-state index < -0.39 is 6.03 Å². The lowest BCUT2D eigenvalue weighted by Crippen LogP contribution is -2.31. The Balaban J connectivity index is 1.72. The third kappa shape index (κ3) is 4.69. The van der Waals surface area contributed by atoms with Crippen molar-refractivity contribution < 1.29 is 14.3 Å². The molecule has 0 atom stereocenters. The molecule has 0 aromatic heterocycles. The lowest BCUT2D eigenvalue weighted by Gasteiger charge is -2.10. The molecule has 1 aliphatic rings. The van der Waals surface area contributed by atoms with Crippen molar-refractivity contribution in [3.05, 3.63) is 67.7 Å². The molecule has 0 spiro atoms. The summed E-state index contributed by atoms with van der Waals surface area (Å²) in [6.07, 6.45) is 2.35. The first-order chi connectivity index (χ1) is 13.4. The predicted octanol–water partition coefficient (Wildman–Crippen LogP) is 5.64. The Morgan fingerprint density at radius 3 is 2.64 bits per heavy atom. The number of halogens is 3. The minimum absolute atomic E-state index is 0.256. The molecule has 2 aromatic rings. The minimum atomic E-state index is -0.392. The van der Waals surface area contributed by atoms with E-state index in [0.29, 0.717) is 33.2 Å². The van der Waals surface area contributed by atoms with Gasteiger partial charge in [0.15, 0.2) is 0 Å². The van der Waals surface area contributed by atoms with Gasteiger partial charge in [0.1, 0.15) is 18.1 Å². The Morgan fingerprint density at radius 1 is 1.18 bits per heavy atom. The van der Waals surface area contributed by atoms with Crippen molar-refractivity contribution in [2.24, 2.45) is 0 Å². The molecule has 8 heteroatoms. The normalized spacial score (nSPS) is 15.3. The molecule has 0 bridgehead atoms. The zero-order valence-corrected chi connectivity index (χ0v) is 18.1. The molecule has 1 heterocycles. The van der Waals surface area contributed by atoms with E-state index >= 15 is 0 Å². The van der Waals surface area contributed by atoms with Crippen molar-refractivity contribution in [3.8, 4) is 5.75 Å². The van der Waals surface area contributed by atoms with Crippen molar-refractivity contribution in [2.75, 3.05) is 6.54 Å². The van der Waals surface area contributed by atoms with Crippen LogP contribution in [0.5, 0.6) is 5.75 Å². The van der Waals surface area contributed by atoms with Gasteiger partial charge in [-0.15, -0.1) is 0 Å². The maximum atomic E-state index is 12.3. The van der Waals surface area contributed by atoms with E-state index in [0.717, 1.165) is 11.1 Å². The highest BCUT2D eigenvalue weighted by molar-refractivity contribution is 9.10. The molecule has 0 aliphatic carbocycles. The third-order valence-electron chi connectivity index (χ3n) is 4.07. The topological polar surface area (TPSA) is 58.6 Å². The van der Waals surface area contributed by atoms with Crippen molar-refractivity contribution in [1.82, 2.24) is 10.2 Å². The van der Waals surface area contributed by atoms with Gasteiger partial charge in [0, 0.05) is 22.2 Å². The fourth-order valence-corrected chi connectivity index (χ4v) is 3.66. The number of imide groups is 1. The van der Waals surface area contributed by atoms with E-state index in [-0.39, 0.29) is 18.2 Å². The summed E-state index contributed by atoms with van der Waals surface area (Å²) in [6, 6.07) is 10.2. The number of rotatable bonds is 6. The number of carbonyl (C=O) groups is 2. The number of hydrogen-bond donors (Lipinski definition) is 1. The van der Waals surface area contributed by atoms with Crippen molar-refractivity contribution in [3.63, 3.8) is 0 Å². The first kappa shape index (κ1) is 20.7. The van der Waals surface area contributed by atoms with Crippen LogP contribution in [0.2, 0.25) is 10.0 Å². The van der Waals surface area contributed by atoms with Crippen LogP contribution in [0, 0.1) is 0 Å². The van der Waals surface area contributed by atoms with Gasteiger partial charge in [0.2, 0.25) is 0 Å². The Kier molecular flexibility index (Phi) is 6.65. The van der Waals surface area contributed by atoms with Crippen molar-refractivity contribution >= 4 is 57.1 Å². The molecule has 1 N–H and O–H groups in total. The number of nitrogens with zero attached hydrogens (tertiary/aromatic N) is 1. The number of hydrogen-bond acceptors (Lipinski definition) is 3. The Labute approximate surface area is 181 Å². The van der Waals surface area contributed by atoms with Crippen molar-refractivity contribution in [2.45, 2.75) is 20.0 Å². The highest BCUT2D eigenvalue weighted by Crippen LogP contribution is 2.29. The van der Waals surface area contributed by atoms with E-state index in [1.165, 1.54) is 4.90 Å². The fraction of sp³-hybridized carbons (Fsp3) is 0.200. The van der Waals surface area contributed by atoms with Gasteiger partial charge in [-0.3, -0.25) is 9.69 Å². The molecule has 1 saturated heterocycles. The second-order valence-corrected chi connectivity index (χ2v) is 7.86. The largest absolute Gasteiger partial charge is 0.488 e. The number of nitrogens with one attached hydrogen (secondary N) is 1. The van der Waals surface area contributed by atoms with Gasteiger partial charge in [0.05, 0.1) is 4.47 Å². The molecule has 0 saturated carbocycles. The summed E-state index contributed by atoms with van der Waals surface area (Å²) in [7, 11) is 0. The maximum Gasteiger partial charge on any atom is 0.329 e. The van der Waals surface area contributed by atoms with E-state index in [2.05, 4.69) is 21.2 Å². The van der Waals surface area contributed by atoms with Crippen LogP contribution < -0.4 is 10.1 Å². The summed E-state index contributed by atoms with van der Waals surface area (Å²) in [5.41, 5.74) is 1.83. The summed E-state index contributed by atoms with van der Waals surface area (Å²) < 4.78 is 6.53. The Morgan fingerprint density at radius 2 is 1.96 bits per heavy atom. The van der Waals surface area contributed by atoms with E-state index in [1.54, 1.807) is 30.3 Å². The van der Waals surface area contributed by atoms with Crippen LogP contribution in [0.1, 0.15) is 24.5 Å². The zero-order chi connectivity index (χ0) is 20.3. The van der Waals surface area contributed by atoms with Crippen LogP contribution in [0.4, 0.5) is 4.79 Å². The van der Waals surface area contributed by atoms with Crippen LogP contribution in [0.25, 0.3) is 6.08 Å². The molecule has 2 aromatic carbocycles. The van der Waals surface area contributed by atoms with Gasteiger partial charge in [0.25, 0.3) is 5.91 Å². The summed E-state index contributed by atoms with van der Waals surface area (Å²) >= 11 is 15.5. The highest BCUT2D eigenvalue weighted by Gasteiger charge is 2.32. The molecule has 28 heavy (non-hydrogen) atoms. The summed E-state index contributed by atoms with van der Waals surface area (Å²) in [5, 5.41) is 3.71. The van der Waals surface area contributed by atoms with Gasteiger partial charge >= 0.3 is 6.03 Å². The molecule has 5 nitrogen and oxygen atoms in total. The molecule has 3 rings (SSSR count). The van der Waals surface area contributed by atoms with Crippen LogP contribution in [0.3, 0.4) is 0 Å². The number of benzene rings is 2. The molecular formula is C20H17BrCl2N2O3. The van der Waals surface area contributed by atoms with Gasteiger partial charge < -0.3 is 10.1 Å². The van der Waals surface area contributed by atoms with Crippen molar-refractivity contribution in [1.29, 1.82) is 0 Å². The number of amides is 3. The Bertz CT molecular complexity index is 962. The van der Waals surface area contributed by atoms with E-state index in [9.17, 15) is 9.59 Å². The first-order valence-electron chi connectivity index (χ1n) is 8.60. The molecule has 0 unspecified atom stereocenters. The van der Waals surface area contributed by atoms with Crippen LogP contribution in [0.15, 0.2) is 46.6 Å². The molecule has 1 fully saturated rings.